The second-order valence-electron chi connectivity index (χ2n) is 6.53. The normalized spacial score (nSPS) is 13.6. The summed E-state index contributed by atoms with van der Waals surface area (Å²) >= 11 is 0. The number of nitrogens with zero attached hydrogens (tertiary/aromatic N) is 4. The summed E-state index contributed by atoms with van der Waals surface area (Å²) in [6.07, 6.45) is 0.554. The van der Waals surface area contributed by atoms with Gasteiger partial charge >= 0.3 is 0 Å². The Morgan fingerprint density at radius 1 is 1.00 bits per heavy atom. The van der Waals surface area contributed by atoms with Crippen molar-refractivity contribution in [2.24, 2.45) is 0 Å². The summed E-state index contributed by atoms with van der Waals surface area (Å²) in [5.74, 6) is 0.0947. The van der Waals surface area contributed by atoms with Crippen molar-refractivity contribution in [3.05, 3.63) is 68.3 Å². The second kappa shape index (κ2) is 8.99. The first-order chi connectivity index (χ1) is 14.4. The fourth-order valence-electron chi connectivity index (χ4n) is 3.12. The third kappa shape index (κ3) is 4.69. The maximum Gasteiger partial charge on any atom is 0.293 e. The van der Waals surface area contributed by atoms with Gasteiger partial charge < -0.3 is 14.5 Å². The standard InChI is InChI=1S/C19H18N4O7/c24-12-14-1-6-17(18(11-14)23(28)29)20-7-9-21(10-8-20)19(25)13-30-16-4-2-15(3-5-16)22(26)27/h1-6,11-12H,7-10,13H2. The van der Waals surface area contributed by atoms with Crippen LogP contribution >= 0.6 is 0 Å². The molecule has 1 heterocycles. The Morgan fingerprint density at radius 3 is 2.23 bits per heavy atom. The van der Waals surface area contributed by atoms with Gasteiger partial charge in [-0.15, -0.1) is 0 Å². The molecule has 0 radical (unpaired) electrons. The van der Waals surface area contributed by atoms with Gasteiger partial charge in [-0.1, -0.05) is 0 Å². The molecule has 3 rings (SSSR count). The van der Waals surface area contributed by atoms with Crippen LogP contribution in [0.1, 0.15) is 10.4 Å². The number of anilines is 1. The van der Waals surface area contributed by atoms with Crippen LogP contribution in [0, 0.1) is 20.2 Å². The number of piperazine rings is 1. The van der Waals surface area contributed by atoms with Crippen LogP contribution < -0.4 is 9.64 Å². The molecule has 0 unspecified atom stereocenters. The summed E-state index contributed by atoms with van der Waals surface area (Å²) in [5.41, 5.74) is 0.406. The highest BCUT2D eigenvalue weighted by Gasteiger charge is 2.26. The molecule has 1 aliphatic rings. The molecule has 2 aromatic rings. The molecule has 2 aromatic carbocycles. The van der Waals surface area contributed by atoms with Gasteiger partial charge in [-0.05, 0) is 24.3 Å². The van der Waals surface area contributed by atoms with Crippen LogP contribution in [-0.4, -0.2) is 59.7 Å². The predicted octanol–water partition coefficient (Wildman–Crippen LogP) is 2.04. The van der Waals surface area contributed by atoms with E-state index in [2.05, 4.69) is 0 Å². The predicted molar refractivity (Wildman–Crippen MR) is 106 cm³/mol. The van der Waals surface area contributed by atoms with Crippen molar-refractivity contribution in [2.45, 2.75) is 0 Å². The minimum atomic E-state index is -0.530. The summed E-state index contributed by atoms with van der Waals surface area (Å²) in [7, 11) is 0. The fourth-order valence-corrected chi connectivity index (χ4v) is 3.12. The number of aldehydes is 1. The monoisotopic (exact) mass is 414 g/mol. The molecule has 1 amide bonds. The molecule has 1 aliphatic heterocycles. The van der Waals surface area contributed by atoms with E-state index in [0.29, 0.717) is 43.9 Å². The van der Waals surface area contributed by atoms with E-state index in [1.165, 1.54) is 42.5 Å². The Hall–Kier alpha value is -4.02. The average molecular weight is 414 g/mol. The number of hydrogen-bond acceptors (Lipinski definition) is 8. The first-order valence-electron chi connectivity index (χ1n) is 9.02. The van der Waals surface area contributed by atoms with Crippen molar-refractivity contribution in [3.63, 3.8) is 0 Å². The quantitative estimate of drug-likeness (QED) is 0.381. The van der Waals surface area contributed by atoms with E-state index < -0.39 is 9.85 Å². The number of carbonyl (C=O) groups excluding carboxylic acids is 2. The fraction of sp³-hybridized carbons (Fsp3) is 0.263. The van der Waals surface area contributed by atoms with Crippen molar-refractivity contribution >= 4 is 29.3 Å². The number of hydrogen-bond donors (Lipinski definition) is 0. The van der Waals surface area contributed by atoms with Gasteiger partial charge in [-0.2, -0.15) is 0 Å². The smallest absolute Gasteiger partial charge is 0.293 e. The summed E-state index contributed by atoms with van der Waals surface area (Å²) < 4.78 is 5.39. The van der Waals surface area contributed by atoms with E-state index in [-0.39, 0.29) is 29.5 Å². The van der Waals surface area contributed by atoms with Gasteiger partial charge in [-0.25, -0.2) is 0 Å². The molecule has 0 bridgehead atoms. The lowest BCUT2D eigenvalue weighted by Crippen LogP contribution is -2.50. The third-order valence-corrected chi connectivity index (χ3v) is 4.72. The van der Waals surface area contributed by atoms with Crippen LogP contribution in [0.5, 0.6) is 5.75 Å². The number of rotatable bonds is 7. The largest absolute Gasteiger partial charge is 0.484 e. The van der Waals surface area contributed by atoms with Crippen molar-refractivity contribution in [1.29, 1.82) is 0 Å². The Bertz CT molecular complexity index is 969. The van der Waals surface area contributed by atoms with Crippen LogP contribution in [0.2, 0.25) is 0 Å². The Kier molecular flexibility index (Phi) is 6.20. The molecule has 30 heavy (non-hydrogen) atoms. The minimum Gasteiger partial charge on any atom is -0.484 e. The molecule has 0 saturated carbocycles. The van der Waals surface area contributed by atoms with Crippen LogP contribution in [0.4, 0.5) is 17.1 Å². The molecule has 11 nitrogen and oxygen atoms in total. The Balaban J connectivity index is 1.56. The Labute approximate surface area is 170 Å². The van der Waals surface area contributed by atoms with Gasteiger partial charge in [0.25, 0.3) is 17.3 Å². The zero-order chi connectivity index (χ0) is 21.7. The lowest BCUT2D eigenvalue weighted by Gasteiger charge is -2.35. The number of amides is 1. The molecule has 156 valence electrons. The number of nitro benzene ring substituents is 2. The number of carbonyl (C=O) groups is 2. The van der Waals surface area contributed by atoms with E-state index >= 15 is 0 Å². The number of non-ortho nitro benzene ring substituents is 1. The van der Waals surface area contributed by atoms with E-state index in [1.54, 1.807) is 9.80 Å². The molecular formula is C19H18N4O7. The molecule has 11 heteroatoms. The molecule has 1 saturated heterocycles. The van der Waals surface area contributed by atoms with Crippen molar-refractivity contribution < 1.29 is 24.2 Å². The van der Waals surface area contributed by atoms with Gasteiger partial charge in [0.2, 0.25) is 0 Å². The molecule has 0 aromatic heterocycles. The highest BCUT2D eigenvalue weighted by Crippen LogP contribution is 2.29. The lowest BCUT2D eigenvalue weighted by atomic mass is 10.1. The second-order valence-corrected chi connectivity index (χ2v) is 6.53. The summed E-state index contributed by atoms with van der Waals surface area (Å²) in [6, 6.07) is 9.72. The number of ether oxygens (including phenoxy) is 1. The van der Waals surface area contributed by atoms with Crippen molar-refractivity contribution in [3.8, 4) is 5.75 Å². The first-order valence-corrected chi connectivity index (χ1v) is 9.02. The summed E-state index contributed by atoms with van der Waals surface area (Å²) in [6.45, 7) is 1.28. The van der Waals surface area contributed by atoms with E-state index in [1.807, 2.05) is 0 Å². The molecule has 0 N–H and O–H groups in total. The maximum absolute atomic E-state index is 12.4. The topological polar surface area (TPSA) is 136 Å². The van der Waals surface area contributed by atoms with Crippen molar-refractivity contribution in [2.75, 3.05) is 37.7 Å². The van der Waals surface area contributed by atoms with E-state index in [9.17, 15) is 29.8 Å². The first kappa shape index (κ1) is 20.7. The van der Waals surface area contributed by atoms with Crippen LogP contribution in [0.3, 0.4) is 0 Å². The van der Waals surface area contributed by atoms with E-state index in [4.69, 9.17) is 4.74 Å². The number of benzene rings is 2. The van der Waals surface area contributed by atoms with Crippen LogP contribution in [-0.2, 0) is 4.79 Å². The summed E-state index contributed by atoms with van der Waals surface area (Å²) in [5, 5.41) is 22.0. The molecular weight excluding hydrogens is 396 g/mol. The zero-order valence-corrected chi connectivity index (χ0v) is 15.8. The molecule has 0 atom stereocenters. The molecule has 0 aliphatic carbocycles. The lowest BCUT2D eigenvalue weighted by molar-refractivity contribution is -0.384. The highest BCUT2D eigenvalue weighted by atomic mass is 16.6. The van der Waals surface area contributed by atoms with Gasteiger partial charge in [0.1, 0.15) is 17.7 Å². The third-order valence-electron chi connectivity index (χ3n) is 4.72. The zero-order valence-electron chi connectivity index (χ0n) is 15.8. The minimum absolute atomic E-state index is 0.0694. The molecule has 0 spiro atoms. The number of nitro groups is 2. The maximum atomic E-state index is 12.4. The van der Waals surface area contributed by atoms with Crippen LogP contribution in [0.15, 0.2) is 42.5 Å². The van der Waals surface area contributed by atoms with E-state index in [0.717, 1.165) is 0 Å². The van der Waals surface area contributed by atoms with Gasteiger partial charge in [0.05, 0.1) is 9.85 Å². The van der Waals surface area contributed by atoms with Gasteiger partial charge in [-0.3, -0.25) is 29.8 Å². The average Bonchev–Trinajstić information content (AvgIpc) is 2.77. The summed E-state index contributed by atoms with van der Waals surface area (Å²) in [4.78, 5) is 47.6. The van der Waals surface area contributed by atoms with Crippen LogP contribution in [0.25, 0.3) is 0 Å². The van der Waals surface area contributed by atoms with Crippen molar-refractivity contribution in [1.82, 2.24) is 4.90 Å². The SMILES string of the molecule is O=Cc1ccc(N2CCN(C(=O)COc3ccc([N+](=O)[O-])cc3)CC2)c([N+](=O)[O-])c1. The Morgan fingerprint density at radius 2 is 1.67 bits per heavy atom. The van der Waals surface area contributed by atoms with Gasteiger partial charge in [0.15, 0.2) is 6.61 Å². The highest BCUT2D eigenvalue weighted by molar-refractivity contribution is 5.80. The molecule has 1 fully saturated rings. The van der Waals surface area contributed by atoms with Gasteiger partial charge in [0, 0.05) is 49.9 Å².